The first kappa shape index (κ1) is 9.60. The molecule has 3 heteroatoms. The van der Waals surface area contributed by atoms with Crippen LogP contribution in [-0.4, -0.2) is 5.11 Å². The fourth-order valence-corrected chi connectivity index (χ4v) is 1.46. The van der Waals surface area contributed by atoms with Crippen LogP contribution in [0.15, 0.2) is 22.7 Å². The molecule has 0 radical (unpaired) electrons. The quantitative estimate of drug-likeness (QED) is 0.754. The molecule has 1 unspecified atom stereocenters. The standard InChI is InChI=1S/C9H6BrClO/c1-2-9(12)7-5-6(11)3-4-8(7)10/h1,3-5,9,12H. The number of aliphatic hydroxyl groups is 1. The lowest BCUT2D eigenvalue weighted by atomic mass is 10.1. The molecule has 0 heterocycles. The molecule has 0 aliphatic rings. The maximum absolute atomic E-state index is 9.31. The molecule has 1 aromatic rings. The third-order valence-electron chi connectivity index (χ3n) is 1.41. The van der Waals surface area contributed by atoms with Crippen molar-refractivity contribution in [2.75, 3.05) is 0 Å². The first-order chi connectivity index (χ1) is 5.65. The van der Waals surface area contributed by atoms with Gasteiger partial charge in [-0.1, -0.05) is 33.5 Å². The minimum atomic E-state index is -0.905. The third kappa shape index (κ3) is 2.01. The van der Waals surface area contributed by atoms with Crippen molar-refractivity contribution < 1.29 is 5.11 Å². The zero-order valence-electron chi connectivity index (χ0n) is 6.09. The Labute approximate surface area is 84.5 Å². The summed E-state index contributed by atoms with van der Waals surface area (Å²) in [6, 6.07) is 5.10. The van der Waals surface area contributed by atoms with Gasteiger partial charge in [0.1, 0.15) is 6.10 Å². The Kier molecular flexibility index (Phi) is 3.16. The Bertz CT molecular complexity index is 330. The molecule has 0 saturated heterocycles. The van der Waals surface area contributed by atoms with E-state index in [0.717, 1.165) is 4.47 Å². The summed E-state index contributed by atoms with van der Waals surface area (Å²) in [6.45, 7) is 0. The highest BCUT2D eigenvalue weighted by atomic mass is 79.9. The van der Waals surface area contributed by atoms with Crippen LogP contribution in [0.3, 0.4) is 0 Å². The zero-order chi connectivity index (χ0) is 9.14. The van der Waals surface area contributed by atoms with E-state index in [1.54, 1.807) is 18.2 Å². The smallest absolute Gasteiger partial charge is 0.141 e. The molecule has 1 aromatic carbocycles. The Hall–Kier alpha value is -0.490. The van der Waals surface area contributed by atoms with Crippen molar-refractivity contribution >= 4 is 27.5 Å². The molecule has 1 atom stereocenters. The third-order valence-corrected chi connectivity index (χ3v) is 2.37. The topological polar surface area (TPSA) is 20.2 Å². The summed E-state index contributed by atoms with van der Waals surface area (Å²) in [5.74, 6) is 2.22. The molecule has 12 heavy (non-hydrogen) atoms. The second-order valence-electron chi connectivity index (χ2n) is 2.24. The van der Waals surface area contributed by atoms with Crippen molar-refractivity contribution in [1.82, 2.24) is 0 Å². The van der Waals surface area contributed by atoms with Crippen LogP contribution in [0.25, 0.3) is 0 Å². The average Bonchev–Trinajstić information content (AvgIpc) is 2.08. The van der Waals surface area contributed by atoms with E-state index in [4.69, 9.17) is 18.0 Å². The van der Waals surface area contributed by atoms with Crippen molar-refractivity contribution in [2.24, 2.45) is 0 Å². The summed E-state index contributed by atoms with van der Waals surface area (Å²) in [5.41, 5.74) is 0.616. The number of hydrogen-bond acceptors (Lipinski definition) is 1. The molecular weight excluding hydrogens is 239 g/mol. The molecule has 1 rings (SSSR count). The molecular formula is C9H6BrClO. The Morgan fingerprint density at radius 1 is 1.58 bits per heavy atom. The van der Waals surface area contributed by atoms with Crippen molar-refractivity contribution in [3.05, 3.63) is 33.3 Å². The number of halogens is 2. The lowest BCUT2D eigenvalue weighted by molar-refractivity contribution is 0.238. The van der Waals surface area contributed by atoms with Gasteiger partial charge in [-0.2, -0.15) is 0 Å². The molecule has 1 nitrogen and oxygen atoms in total. The number of rotatable bonds is 1. The summed E-state index contributed by atoms with van der Waals surface area (Å²) in [6.07, 6.45) is 4.15. The van der Waals surface area contributed by atoms with E-state index < -0.39 is 6.10 Å². The highest BCUT2D eigenvalue weighted by Crippen LogP contribution is 2.26. The fourth-order valence-electron chi connectivity index (χ4n) is 0.814. The second-order valence-corrected chi connectivity index (χ2v) is 3.53. The van der Waals surface area contributed by atoms with Gasteiger partial charge < -0.3 is 5.11 Å². The van der Waals surface area contributed by atoms with Gasteiger partial charge in [-0.15, -0.1) is 6.42 Å². The van der Waals surface area contributed by atoms with Crippen LogP contribution in [0.1, 0.15) is 11.7 Å². The van der Waals surface area contributed by atoms with Gasteiger partial charge in [-0.3, -0.25) is 0 Å². The van der Waals surface area contributed by atoms with E-state index in [0.29, 0.717) is 10.6 Å². The summed E-state index contributed by atoms with van der Waals surface area (Å²) >= 11 is 8.97. The van der Waals surface area contributed by atoms with Crippen molar-refractivity contribution in [1.29, 1.82) is 0 Å². The van der Waals surface area contributed by atoms with Gasteiger partial charge in [-0.25, -0.2) is 0 Å². The van der Waals surface area contributed by atoms with Crippen LogP contribution >= 0.6 is 27.5 Å². The van der Waals surface area contributed by atoms with Crippen molar-refractivity contribution in [3.8, 4) is 12.3 Å². The summed E-state index contributed by atoms with van der Waals surface area (Å²) in [5, 5.41) is 9.87. The predicted molar refractivity (Wildman–Crippen MR) is 52.9 cm³/mol. The van der Waals surface area contributed by atoms with Crippen molar-refractivity contribution in [2.45, 2.75) is 6.10 Å². The van der Waals surface area contributed by atoms with Gasteiger partial charge in [0.05, 0.1) is 0 Å². The molecule has 0 aromatic heterocycles. The van der Waals surface area contributed by atoms with Crippen LogP contribution in [0.4, 0.5) is 0 Å². The van der Waals surface area contributed by atoms with Gasteiger partial charge in [-0.05, 0) is 18.2 Å². The van der Waals surface area contributed by atoms with E-state index in [9.17, 15) is 5.11 Å². The van der Waals surface area contributed by atoms with Gasteiger partial charge in [0, 0.05) is 15.1 Å². The fraction of sp³-hybridized carbons (Fsp3) is 0.111. The summed E-state index contributed by atoms with van der Waals surface area (Å²) in [4.78, 5) is 0. The molecule has 0 saturated carbocycles. The monoisotopic (exact) mass is 244 g/mol. The lowest BCUT2D eigenvalue weighted by Crippen LogP contribution is -1.94. The first-order valence-corrected chi connectivity index (χ1v) is 4.41. The minimum Gasteiger partial charge on any atom is -0.376 e. The van der Waals surface area contributed by atoms with E-state index in [2.05, 4.69) is 21.9 Å². The highest BCUT2D eigenvalue weighted by Gasteiger charge is 2.07. The normalized spacial score (nSPS) is 12.2. The van der Waals surface area contributed by atoms with Gasteiger partial charge in [0.2, 0.25) is 0 Å². The van der Waals surface area contributed by atoms with Crippen LogP contribution in [0.2, 0.25) is 5.02 Å². The molecule has 62 valence electrons. The molecule has 0 amide bonds. The van der Waals surface area contributed by atoms with Gasteiger partial charge >= 0.3 is 0 Å². The molecule has 1 N–H and O–H groups in total. The maximum atomic E-state index is 9.31. The largest absolute Gasteiger partial charge is 0.376 e. The van der Waals surface area contributed by atoms with E-state index in [-0.39, 0.29) is 0 Å². The zero-order valence-corrected chi connectivity index (χ0v) is 8.43. The van der Waals surface area contributed by atoms with Crippen LogP contribution < -0.4 is 0 Å². The molecule has 0 aliphatic carbocycles. The minimum absolute atomic E-state index is 0.558. The average molecular weight is 246 g/mol. The van der Waals surface area contributed by atoms with Crippen molar-refractivity contribution in [3.63, 3.8) is 0 Å². The Balaban J connectivity index is 3.15. The van der Waals surface area contributed by atoms with E-state index >= 15 is 0 Å². The van der Waals surface area contributed by atoms with Gasteiger partial charge in [0.25, 0.3) is 0 Å². The molecule has 0 fully saturated rings. The van der Waals surface area contributed by atoms with E-state index in [1.807, 2.05) is 0 Å². The summed E-state index contributed by atoms with van der Waals surface area (Å²) < 4.78 is 0.761. The van der Waals surface area contributed by atoms with Crippen LogP contribution in [0.5, 0.6) is 0 Å². The first-order valence-electron chi connectivity index (χ1n) is 3.24. The molecule has 0 bridgehead atoms. The van der Waals surface area contributed by atoms with E-state index in [1.165, 1.54) is 0 Å². The number of benzene rings is 1. The number of hydrogen-bond donors (Lipinski definition) is 1. The SMILES string of the molecule is C#CC(O)c1cc(Cl)ccc1Br. The van der Waals surface area contributed by atoms with Crippen LogP contribution in [0, 0.1) is 12.3 Å². The molecule has 0 spiro atoms. The van der Waals surface area contributed by atoms with Gasteiger partial charge in [0.15, 0.2) is 0 Å². The Morgan fingerprint density at radius 2 is 2.25 bits per heavy atom. The summed E-state index contributed by atoms with van der Waals surface area (Å²) in [7, 11) is 0. The maximum Gasteiger partial charge on any atom is 0.141 e. The second kappa shape index (κ2) is 3.95. The lowest BCUT2D eigenvalue weighted by Gasteiger charge is -2.06. The molecule has 0 aliphatic heterocycles. The predicted octanol–water partition coefficient (Wildman–Crippen LogP) is 2.77. The van der Waals surface area contributed by atoms with Crippen LogP contribution in [-0.2, 0) is 0 Å². The number of terminal acetylenes is 1. The number of aliphatic hydroxyl groups excluding tert-OH is 1. The Morgan fingerprint density at radius 3 is 2.83 bits per heavy atom. The highest BCUT2D eigenvalue weighted by molar-refractivity contribution is 9.10.